The number of fused-ring (bicyclic) bond motifs is 1. The number of nitrogens with zero attached hydrogens (tertiary/aromatic N) is 2. The van der Waals surface area contributed by atoms with Crippen molar-refractivity contribution in [1.29, 1.82) is 0 Å². The van der Waals surface area contributed by atoms with E-state index in [-0.39, 0.29) is 29.8 Å². The average molecular weight is 392 g/mol. The highest BCUT2D eigenvalue weighted by atomic mass is 19.1. The third-order valence-electron chi connectivity index (χ3n) is 6.81. The molecule has 4 nitrogen and oxygen atoms in total. The maximum atomic E-state index is 13.2. The van der Waals surface area contributed by atoms with Gasteiger partial charge in [-0.05, 0) is 67.9 Å². The Morgan fingerprint density at radius 3 is 2.62 bits per heavy atom. The van der Waals surface area contributed by atoms with Crippen molar-refractivity contribution in [2.45, 2.75) is 56.8 Å². The van der Waals surface area contributed by atoms with E-state index in [9.17, 15) is 14.0 Å². The lowest BCUT2D eigenvalue weighted by Gasteiger charge is -2.42. The number of hydrogen-bond donors (Lipinski definition) is 0. The zero-order valence-electron chi connectivity index (χ0n) is 16.5. The molecule has 0 saturated heterocycles. The molecule has 5 rings (SSSR count). The van der Waals surface area contributed by atoms with Crippen LogP contribution in [0.5, 0.6) is 0 Å². The first-order valence-electron chi connectivity index (χ1n) is 10.7. The van der Waals surface area contributed by atoms with E-state index < -0.39 is 5.41 Å². The molecule has 3 aliphatic rings. The van der Waals surface area contributed by atoms with Gasteiger partial charge in [0, 0.05) is 30.3 Å². The number of halogens is 1. The molecule has 0 atom stereocenters. The molecular formula is C24H25FN2O2. The van der Waals surface area contributed by atoms with Crippen LogP contribution in [0.25, 0.3) is 0 Å². The molecule has 0 bridgehead atoms. The van der Waals surface area contributed by atoms with Gasteiger partial charge in [-0.15, -0.1) is 0 Å². The number of carbonyl (C=O) groups excluding carboxylic acids is 2. The first kappa shape index (κ1) is 18.5. The Kier molecular flexibility index (Phi) is 4.49. The zero-order chi connectivity index (χ0) is 20.0. The van der Waals surface area contributed by atoms with Gasteiger partial charge in [-0.2, -0.15) is 0 Å². The van der Waals surface area contributed by atoms with E-state index in [1.54, 1.807) is 6.07 Å². The number of Topliss-reactive ketones (excluding diaryl/α,β-unsaturated/α-hetero) is 1. The quantitative estimate of drug-likeness (QED) is 0.768. The Morgan fingerprint density at radius 2 is 1.97 bits per heavy atom. The number of amides is 1. The zero-order valence-corrected chi connectivity index (χ0v) is 16.5. The molecule has 0 unspecified atom stereocenters. The lowest BCUT2D eigenvalue weighted by Crippen LogP contribution is -2.44. The van der Waals surface area contributed by atoms with E-state index in [1.807, 2.05) is 17.0 Å². The van der Waals surface area contributed by atoms with Gasteiger partial charge in [0.2, 0.25) is 5.91 Å². The maximum absolute atomic E-state index is 13.2. The summed E-state index contributed by atoms with van der Waals surface area (Å²) in [4.78, 5) is 31.9. The summed E-state index contributed by atoms with van der Waals surface area (Å²) in [6.45, 7) is 0.794. The summed E-state index contributed by atoms with van der Waals surface area (Å²) < 4.78 is 13.1. The van der Waals surface area contributed by atoms with E-state index in [4.69, 9.17) is 0 Å². The third-order valence-corrected chi connectivity index (χ3v) is 6.81. The molecule has 1 aromatic heterocycles. The fourth-order valence-corrected chi connectivity index (χ4v) is 4.78. The van der Waals surface area contributed by atoms with E-state index >= 15 is 0 Å². The number of aryl methyl sites for hydroxylation is 1. The van der Waals surface area contributed by atoms with Crippen molar-refractivity contribution in [2.75, 3.05) is 11.4 Å². The molecule has 1 aromatic carbocycles. The molecule has 1 aliphatic heterocycles. The Morgan fingerprint density at radius 1 is 1.14 bits per heavy atom. The largest absolute Gasteiger partial charge is 0.312 e. The topological polar surface area (TPSA) is 50.3 Å². The van der Waals surface area contributed by atoms with Gasteiger partial charge in [0.25, 0.3) is 0 Å². The number of aromatic nitrogens is 1. The second kappa shape index (κ2) is 7.05. The van der Waals surface area contributed by atoms with Crippen LogP contribution in [0.2, 0.25) is 0 Å². The molecule has 5 heteroatoms. The minimum Gasteiger partial charge on any atom is -0.312 e. The SMILES string of the molecule is O=C(C1CC1)N1CCCc2cc(C3(C(=O)Cc4ccc(F)cn4)CCC3)ccc21. The highest BCUT2D eigenvalue weighted by molar-refractivity contribution is 5.98. The van der Waals surface area contributed by atoms with Gasteiger partial charge in [-0.1, -0.05) is 18.6 Å². The van der Waals surface area contributed by atoms with Crippen LogP contribution in [-0.2, 0) is 27.8 Å². The Hall–Kier alpha value is -2.56. The van der Waals surface area contributed by atoms with E-state index in [2.05, 4.69) is 11.1 Å². The van der Waals surface area contributed by atoms with E-state index in [0.717, 1.165) is 62.7 Å². The van der Waals surface area contributed by atoms with Crippen LogP contribution in [0.4, 0.5) is 10.1 Å². The minimum absolute atomic E-state index is 0.157. The van der Waals surface area contributed by atoms with Crippen LogP contribution in [0.1, 0.15) is 55.3 Å². The number of rotatable bonds is 5. The highest BCUT2D eigenvalue weighted by Gasteiger charge is 2.45. The number of anilines is 1. The van der Waals surface area contributed by atoms with Gasteiger partial charge < -0.3 is 4.90 Å². The van der Waals surface area contributed by atoms with Gasteiger partial charge >= 0.3 is 0 Å². The summed E-state index contributed by atoms with van der Waals surface area (Å²) in [6.07, 6.45) is 8.05. The molecule has 2 fully saturated rings. The standard InChI is InChI=1S/C24H25FN2O2/c25-19-7-8-20(26-15-19)14-22(28)24(10-2-11-24)18-6-9-21-17(13-18)3-1-12-27(21)23(29)16-4-5-16/h6-9,13,15-16H,1-5,10-12,14H2. The summed E-state index contributed by atoms with van der Waals surface area (Å²) in [6, 6.07) is 9.21. The fraction of sp³-hybridized carbons (Fsp3) is 0.458. The Labute approximate surface area is 170 Å². The number of hydrogen-bond acceptors (Lipinski definition) is 3. The Bertz CT molecular complexity index is 961. The second-order valence-electron chi connectivity index (χ2n) is 8.71. The molecule has 2 aliphatic carbocycles. The monoisotopic (exact) mass is 392 g/mol. The van der Waals surface area contributed by atoms with Gasteiger partial charge in [-0.25, -0.2) is 4.39 Å². The van der Waals surface area contributed by atoms with Crippen LogP contribution in [0, 0.1) is 11.7 Å². The molecule has 1 amide bonds. The minimum atomic E-state index is -0.464. The summed E-state index contributed by atoms with van der Waals surface area (Å²) in [5, 5.41) is 0. The van der Waals surface area contributed by atoms with Crippen LogP contribution < -0.4 is 4.90 Å². The van der Waals surface area contributed by atoms with Crippen molar-refractivity contribution < 1.29 is 14.0 Å². The lowest BCUT2D eigenvalue weighted by molar-refractivity contribution is -0.127. The van der Waals surface area contributed by atoms with Gasteiger partial charge in [-0.3, -0.25) is 14.6 Å². The Balaban J connectivity index is 1.42. The summed E-state index contributed by atoms with van der Waals surface area (Å²) >= 11 is 0. The highest BCUT2D eigenvalue weighted by Crippen LogP contribution is 2.47. The first-order valence-corrected chi connectivity index (χ1v) is 10.7. The molecule has 29 heavy (non-hydrogen) atoms. The molecular weight excluding hydrogens is 367 g/mol. The maximum Gasteiger partial charge on any atom is 0.230 e. The smallest absolute Gasteiger partial charge is 0.230 e. The number of ketones is 1. The van der Waals surface area contributed by atoms with Crippen molar-refractivity contribution in [3.63, 3.8) is 0 Å². The fourth-order valence-electron chi connectivity index (χ4n) is 4.78. The first-order chi connectivity index (χ1) is 14.1. The molecule has 150 valence electrons. The summed E-state index contributed by atoms with van der Waals surface area (Å²) in [5.41, 5.74) is 3.42. The molecule has 0 spiro atoms. The van der Waals surface area contributed by atoms with Crippen molar-refractivity contribution in [2.24, 2.45) is 5.92 Å². The van der Waals surface area contributed by atoms with Crippen molar-refractivity contribution in [1.82, 2.24) is 4.98 Å². The average Bonchev–Trinajstić information content (AvgIpc) is 3.53. The second-order valence-corrected chi connectivity index (χ2v) is 8.71. The number of carbonyl (C=O) groups is 2. The van der Waals surface area contributed by atoms with Crippen molar-refractivity contribution >= 4 is 17.4 Å². The molecule has 2 heterocycles. The van der Waals surface area contributed by atoms with Crippen LogP contribution in [0.3, 0.4) is 0 Å². The van der Waals surface area contributed by atoms with Crippen molar-refractivity contribution in [3.05, 3.63) is 59.2 Å². The van der Waals surface area contributed by atoms with Gasteiger partial charge in [0.1, 0.15) is 11.6 Å². The summed E-state index contributed by atoms with van der Waals surface area (Å²) in [7, 11) is 0. The van der Waals surface area contributed by atoms with Gasteiger partial charge in [0.05, 0.1) is 11.6 Å². The molecule has 0 radical (unpaired) electrons. The van der Waals surface area contributed by atoms with Crippen LogP contribution >= 0.6 is 0 Å². The number of benzene rings is 1. The van der Waals surface area contributed by atoms with Crippen LogP contribution in [0.15, 0.2) is 36.5 Å². The predicted octanol–water partition coefficient (Wildman–Crippen LogP) is 4.14. The van der Waals surface area contributed by atoms with E-state index in [0.29, 0.717) is 5.69 Å². The lowest BCUT2D eigenvalue weighted by atomic mass is 9.61. The number of pyridine rings is 1. The molecule has 2 saturated carbocycles. The van der Waals surface area contributed by atoms with Gasteiger partial charge in [0.15, 0.2) is 0 Å². The molecule has 0 N–H and O–H groups in total. The summed E-state index contributed by atoms with van der Waals surface area (Å²) in [5.74, 6) is 0.239. The molecule has 2 aromatic rings. The third kappa shape index (κ3) is 3.26. The van der Waals surface area contributed by atoms with Crippen molar-refractivity contribution in [3.8, 4) is 0 Å². The van der Waals surface area contributed by atoms with Crippen LogP contribution in [-0.4, -0.2) is 23.2 Å². The van der Waals surface area contributed by atoms with E-state index in [1.165, 1.54) is 17.8 Å². The normalized spacial score (nSPS) is 20.0. The predicted molar refractivity (Wildman–Crippen MR) is 108 cm³/mol.